The number of benzene rings is 1. The minimum Gasteiger partial charge on any atom is -0.383 e. The molecule has 2 aromatic heterocycles. The van der Waals surface area contributed by atoms with Crippen molar-refractivity contribution in [3.8, 4) is 11.1 Å². The Morgan fingerprint density at radius 3 is 2.35 bits per heavy atom. The van der Waals surface area contributed by atoms with Crippen LogP contribution >= 0.6 is 15.9 Å². The first-order chi connectivity index (χ1) is 16.2. The Morgan fingerprint density at radius 1 is 1.18 bits per heavy atom. The summed E-state index contributed by atoms with van der Waals surface area (Å²) in [6.45, 7) is 4.00. The van der Waals surface area contributed by atoms with E-state index in [9.17, 15) is 22.9 Å². The number of hydrogen-bond donors (Lipinski definition) is 1. The maximum absolute atomic E-state index is 12.9. The van der Waals surface area contributed by atoms with Crippen LogP contribution in [-0.2, 0) is 11.0 Å². The number of anilines is 1. The van der Waals surface area contributed by atoms with Crippen LogP contribution in [0.15, 0.2) is 40.1 Å². The van der Waals surface area contributed by atoms with Crippen LogP contribution in [0.1, 0.15) is 63.1 Å². The maximum atomic E-state index is 12.9. The van der Waals surface area contributed by atoms with Crippen LogP contribution in [-0.4, -0.2) is 20.5 Å². The molecule has 0 radical (unpaired) electrons. The maximum Gasteiger partial charge on any atom is 0.416 e. The van der Waals surface area contributed by atoms with Crippen LogP contribution < -0.4 is 5.73 Å². The average Bonchev–Trinajstić information content (AvgIpc) is 3.27. The number of nitroso groups, excluding NO2 is 1. The fourth-order valence-electron chi connectivity index (χ4n) is 4.25. The Balaban J connectivity index is 0.00000158. The summed E-state index contributed by atoms with van der Waals surface area (Å²) in [7, 11) is 0. The minimum atomic E-state index is -4.41. The SMILES string of the molecule is CC.Nc1c(Br)c(C2CCC(CC(=O)N=O)CC2)nc2c(-c3ccc(C(F)(F)F)cc3)cnn12. The molecule has 34 heavy (non-hydrogen) atoms. The quantitative estimate of drug-likeness (QED) is 0.369. The molecule has 2 N–H and O–H groups in total. The molecule has 0 saturated heterocycles. The number of nitrogens with zero attached hydrogens (tertiary/aromatic N) is 4. The first-order valence-corrected chi connectivity index (χ1v) is 11.8. The Labute approximate surface area is 203 Å². The second-order valence-corrected chi connectivity index (χ2v) is 8.76. The van der Waals surface area contributed by atoms with Crippen molar-refractivity contribution in [3.05, 3.63) is 51.1 Å². The van der Waals surface area contributed by atoms with E-state index in [1.165, 1.54) is 22.8 Å². The van der Waals surface area contributed by atoms with Crippen molar-refractivity contribution in [2.75, 3.05) is 5.73 Å². The number of fused-ring (bicyclic) bond motifs is 1. The highest BCUT2D eigenvalue weighted by molar-refractivity contribution is 9.10. The molecule has 1 fully saturated rings. The molecular weight excluding hydrogens is 515 g/mol. The number of nitrogen functional groups attached to an aromatic ring is 1. The normalized spacial score (nSPS) is 18.3. The molecule has 11 heteroatoms. The first-order valence-electron chi connectivity index (χ1n) is 11.1. The van der Waals surface area contributed by atoms with Gasteiger partial charge in [-0.25, -0.2) is 4.98 Å². The van der Waals surface area contributed by atoms with Crippen molar-refractivity contribution in [2.45, 2.75) is 58.0 Å². The zero-order valence-electron chi connectivity index (χ0n) is 18.8. The summed E-state index contributed by atoms with van der Waals surface area (Å²) in [5, 5.41) is 6.74. The first kappa shape index (κ1) is 25.8. The van der Waals surface area contributed by atoms with Gasteiger partial charge in [0.2, 0.25) is 0 Å². The standard InChI is InChI=1S/C21H19BrF3N5O2.C2H6/c22-17-18(13-3-1-11(2-4-13)9-16(31)29-32)28-20-15(10-27-30(20)19(17)26)12-5-7-14(8-6-12)21(23,24)25;1-2/h5-8,10-11,13H,1-4,9,26H2;1-2H3. The molecule has 1 amide bonds. The third kappa shape index (κ3) is 5.29. The van der Waals surface area contributed by atoms with Gasteiger partial charge in [-0.2, -0.15) is 22.8 Å². The molecule has 7 nitrogen and oxygen atoms in total. The number of carbonyl (C=O) groups is 1. The second-order valence-electron chi connectivity index (χ2n) is 7.97. The zero-order chi connectivity index (χ0) is 25.0. The van der Waals surface area contributed by atoms with Gasteiger partial charge in [-0.15, -0.1) is 4.91 Å². The van der Waals surface area contributed by atoms with Crippen LogP contribution in [0.2, 0.25) is 0 Å². The summed E-state index contributed by atoms with van der Waals surface area (Å²) in [6.07, 6.45) is 0.334. The van der Waals surface area contributed by atoms with E-state index in [2.05, 4.69) is 26.2 Å². The van der Waals surface area contributed by atoms with E-state index in [1.807, 2.05) is 13.8 Å². The van der Waals surface area contributed by atoms with Gasteiger partial charge in [0.25, 0.3) is 5.91 Å². The summed E-state index contributed by atoms with van der Waals surface area (Å²) in [5.74, 6) is -0.0685. The van der Waals surface area contributed by atoms with Crippen LogP contribution in [0.25, 0.3) is 16.8 Å². The van der Waals surface area contributed by atoms with Gasteiger partial charge < -0.3 is 5.73 Å². The summed E-state index contributed by atoms with van der Waals surface area (Å²) < 4.78 is 40.8. The number of halogens is 4. The fourth-order valence-corrected chi connectivity index (χ4v) is 4.83. The lowest BCUT2D eigenvalue weighted by Gasteiger charge is -2.28. The molecule has 1 aliphatic rings. The van der Waals surface area contributed by atoms with Gasteiger partial charge in [-0.3, -0.25) is 4.79 Å². The highest BCUT2D eigenvalue weighted by Crippen LogP contribution is 2.41. The summed E-state index contributed by atoms with van der Waals surface area (Å²) in [6, 6.07) is 4.84. The van der Waals surface area contributed by atoms with Gasteiger partial charge in [0.15, 0.2) is 5.65 Å². The molecule has 2 heterocycles. The molecule has 1 aliphatic carbocycles. The van der Waals surface area contributed by atoms with Gasteiger partial charge >= 0.3 is 6.18 Å². The molecule has 0 unspecified atom stereocenters. The van der Waals surface area contributed by atoms with E-state index < -0.39 is 17.6 Å². The van der Waals surface area contributed by atoms with Gasteiger partial charge in [-0.05, 0) is 65.2 Å². The lowest BCUT2D eigenvalue weighted by molar-refractivity contribution is -0.137. The Hall–Kier alpha value is -2.82. The van der Waals surface area contributed by atoms with Crippen molar-refractivity contribution in [2.24, 2.45) is 11.1 Å². The van der Waals surface area contributed by atoms with Gasteiger partial charge in [-0.1, -0.05) is 26.0 Å². The smallest absolute Gasteiger partial charge is 0.383 e. The van der Waals surface area contributed by atoms with E-state index in [0.717, 1.165) is 43.5 Å². The molecule has 1 aromatic carbocycles. The minimum absolute atomic E-state index is 0.0857. The molecule has 0 aliphatic heterocycles. The molecule has 0 spiro atoms. The molecule has 3 aromatic rings. The third-order valence-electron chi connectivity index (χ3n) is 5.97. The molecule has 0 bridgehead atoms. The Bertz CT molecular complexity index is 1170. The average molecular weight is 540 g/mol. The highest BCUT2D eigenvalue weighted by atomic mass is 79.9. The fraction of sp³-hybridized carbons (Fsp3) is 0.435. The van der Waals surface area contributed by atoms with E-state index in [0.29, 0.717) is 27.1 Å². The number of alkyl halides is 3. The van der Waals surface area contributed by atoms with Gasteiger partial charge in [0.05, 0.1) is 21.9 Å². The largest absolute Gasteiger partial charge is 0.416 e. The topological polar surface area (TPSA) is 103 Å². The van der Waals surface area contributed by atoms with Crippen LogP contribution in [0.3, 0.4) is 0 Å². The van der Waals surface area contributed by atoms with E-state index in [4.69, 9.17) is 10.7 Å². The third-order valence-corrected chi connectivity index (χ3v) is 6.78. The molecule has 0 atom stereocenters. The van der Waals surface area contributed by atoms with Crippen molar-refractivity contribution in [3.63, 3.8) is 0 Å². The summed E-state index contributed by atoms with van der Waals surface area (Å²) >= 11 is 3.52. The Morgan fingerprint density at radius 2 is 1.79 bits per heavy atom. The van der Waals surface area contributed by atoms with Crippen molar-refractivity contribution in [1.82, 2.24) is 14.6 Å². The van der Waals surface area contributed by atoms with E-state index >= 15 is 0 Å². The summed E-state index contributed by atoms with van der Waals surface area (Å²) in [4.78, 5) is 26.5. The predicted octanol–water partition coefficient (Wildman–Crippen LogP) is 6.74. The molecular formula is C23H25BrF3N5O2. The highest BCUT2D eigenvalue weighted by Gasteiger charge is 2.31. The molecule has 182 valence electrons. The van der Waals surface area contributed by atoms with Crippen LogP contribution in [0.5, 0.6) is 0 Å². The number of aromatic nitrogens is 3. The van der Waals surface area contributed by atoms with Gasteiger partial charge in [0.1, 0.15) is 5.82 Å². The summed E-state index contributed by atoms with van der Waals surface area (Å²) in [5.41, 5.74) is 7.90. The van der Waals surface area contributed by atoms with Crippen molar-refractivity contribution >= 4 is 33.3 Å². The van der Waals surface area contributed by atoms with Crippen molar-refractivity contribution in [1.29, 1.82) is 0 Å². The number of carbonyl (C=O) groups excluding carboxylic acids is 1. The molecule has 1 saturated carbocycles. The lowest BCUT2D eigenvalue weighted by atomic mass is 9.79. The Kier molecular flexibility index (Phi) is 8.06. The van der Waals surface area contributed by atoms with E-state index in [1.54, 1.807) is 0 Å². The lowest BCUT2D eigenvalue weighted by Crippen LogP contribution is -2.18. The monoisotopic (exact) mass is 539 g/mol. The van der Waals surface area contributed by atoms with Crippen LogP contribution in [0.4, 0.5) is 19.0 Å². The van der Waals surface area contributed by atoms with Crippen LogP contribution in [0, 0.1) is 10.8 Å². The van der Waals surface area contributed by atoms with Gasteiger partial charge in [0, 0.05) is 23.1 Å². The predicted molar refractivity (Wildman–Crippen MR) is 127 cm³/mol. The number of rotatable bonds is 4. The van der Waals surface area contributed by atoms with Crippen molar-refractivity contribution < 1.29 is 18.0 Å². The number of hydrogen-bond acceptors (Lipinski definition) is 5. The molecule has 4 rings (SSSR count). The second kappa shape index (κ2) is 10.6. The zero-order valence-corrected chi connectivity index (χ0v) is 20.4. The number of amides is 1. The van der Waals surface area contributed by atoms with E-state index in [-0.39, 0.29) is 18.3 Å². The number of nitrogens with two attached hydrogens (primary N) is 1.